The van der Waals surface area contributed by atoms with Crippen molar-refractivity contribution in [2.75, 3.05) is 13.1 Å². The predicted octanol–water partition coefficient (Wildman–Crippen LogP) is 2.42. The Morgan fingerprint density at radius 1 is 1.27 bits per heavy atom. The molecule has 1 saturated heterocycles. The Morgan fingerprint density at radius 2 is 2.07 bits per heavy atom. The van der Waals surface area contributed by atoms with Crippen LogP contribution in [0.3, 0.4) is 0 Å². The molecule has 2 aliphatic rings. The molecule has 0 unspecified atom stereocenters. The summed E-state index contributed by atoms with van der Waals surface area (Å²) in [4.78, 5) is 46.6. The second-order valence-corrected chi connectivity index (χ2v) is 8.76. The minimum Gasteiger partial charge on any atom is -0.338 e. The van der Waals surface area contributed by atoms with Crippen molar-refractivity contribution in [2.45, 2.75) is 71.9 Å². The summed E-state index contributed by atoms with van der Waals surface area (Å²) < 4.78 is 1.48. The van der Waals surface area contributed by atoms with Gasteiger partial charge in [0.2, 0.25) is 11.8 Å². The molecule has 0 saturated carbocycles. The molecule has 2 amide bonds. The van der Waals surface area contributed by atoms with Gasteiger partial charge in [-0.1, -0.05) is 20.8 Å². The fraction of sp³-hybridized carbons (Fsp3) is 0.636. The summed E-state index contributed by atoms with van der Waals surface area (Å²) in [5.41, 5.74) is 2.67. The lowest BCUT2D eigenvalue weighted by Gasteiger charge is -2.36. The molecule has 0 radical (unpaired) electrons. The van der Waals surface area contributed by atoms with Crippen LogP contribution in [0.25, 0.3) is 5.65 Å². The number of carbonyl (C=O) groups is 2. The third kappa shape index (κ3) is 3.63. The van der Waals surface area contributed by atoms with Gasteiger partial charge in [-0.05, 0) is 25.7 Å². The van der Waals surface area contributed by atoms with Gasteiger partial charge in [0.1, 0.15) is 0 Å². The normalized spacial score (nSPS) is 19.4. The third-order valence-corrected chi connectivity index (χ3v) is 6.24. The first-order valence-corrected chi connectivity index (χ1v) is 11.1. The maximum Gasteiger partial charge on any atom is 0.277 e. The predicted molar refractivity (Wildman–Crippen MR) is 113 cm³/mol. The number of aromatic amines is 1. The van der Waals surface area contributed by atoms with Crippen LogP contribution in [-0.4, -0.2) is 49.3 Å². The molecule has 4 rings (SSSR count). The van der Waals surface area contributed by atoms with E-state index >= 15 is 0 Å². The highest BCUT2D eigenvalue weighted by Gasteiger charge is 2.31. The molecule has 2 aliphatic heterocycles. The number of amides is 2. The van der Waals surface area contributed by atoms with Crippen molar-refractivity contribution in [2.24, 2.45) is 5.92 Å². The summed E-state index contributed by atoms with van der Waals surface area (Å²) in [5, 5.41) is 3.22. The number of piperidine rings is 1. The molecule has 4 heterocycles. The monoisotopic (exact) mass is 413 g/mol. The van der Waals surface area contributed by atoms with Crippen LogP contribution in [0, 0.1) is 5.92 Å². The lowest BCUT2D eigenvalue weighted by Crippen LogP contribution is -2.41. The second kappa shape index (κ2) is 8.24. The van der Waals surface area contributed by atoms with E-state index in [1.165, 1.54) is 4.52 Å². The molecule has 2 aromatic rings. The number of H-pyrrole nitrogens is 1. The molecule has 0 aromatic carbocycles. The summed E-state index contributed by atoms with van der Waals surface area (Å²) in [6.07, 6.45) is 4.82. The lowest BCUT2D eigenvalue weighted by molar-refractivity contribution is -0.138. The number of nitrogens with one attached hydrogen (secondary N) is 1. The van der Waals surface area contributed by atoms with E-state index < -0.39 is 0 Å². The molecule has 0 spiro atoms. The van der Waals surface area contributed by atoms with E-state index in [0.717, 1.165) is 43.6 Å². The molecule has 2 aromatic heterocycles. The van der Waals surface area contributed by atoms with E-state index in [2.05, 4.69) is 5.10 Å². The van der Waals surface area contributed by atoms with Crippen LogP contribution in [0.15, 0.2) is 10.9 Å². The maximum atomic E-state index is 13.2. The van der Waals surface area contributed by atoms with Gasteiger partial charge in [-0.3, -0.25) is 19.5 Å². The minimum absolute atomic E-state index is 0.0604. The molecular formula is C22H31N5O3. The molecule has 162 valence electrons. The Labute approximate surface area is 176 Å². The van der Waals surface area contributed by atoms with Gasteiger partial charge in [0, 0.05) is 37.9 Å². The highest BCUT2D eigenvalue weighted by Crippen LogP contribution is 2.31. The second-order valence-electron chi connectivity index (χ2n) is 8.76. The topological polar surface area (TPSA) is 90.8 Å². The molecule has 0 bridgehead atoms. The zero-order valence-corrected chi connectivity index (χ0v) is 18.1. The van der Waals surface area contributed by atoms with Gasteiger partial charge in [0.25, 0.3) is 5.56 Å². The van der Waals surface area contributed by atoms with Crippen LogP contribution < -0.4 is 5.56 Å². The summed E-state index contributed by atoms with van der Waals surface area (Å²) in [6, 6.07) is 1.85. The molecular weight excluding hydrogens is 382 g/mol. The van der Waals surface area contributed by atoms with Crippen LogP contribution in [0.2, 0.25) is 0 Å². The van der Waals surface area contributed by atoms with Gasteiger partial charge in [-0.2, -0.15) is 0 Å². The van der Waals surface area contributed by atoms with Crippen LogP contribution in [-0.2, 0) is 22.6 Å². The standard InChI is InChI=1S/C22H31N5O3/c1-4-7-20(28)25-11-9-16-15(13-25)22(30)27-19(23-16)12-17(24-27)18-8-5-6-10-26(18)21(29)14(2)3/h12,14,18,24H,4-11,13H2,1-3H3/t18-/m1/s1. The van der Waals surface area contributed by atoms with Crippen molar-refractivity contribution in [3.05, 3.63) is 33.4 Å². The van der Waals surface area contributed by atoms with Crippen molar-refractivity contribution in [1.29, 1.82) is 0 Å². The number of aromatic nitrogens is 3. The van der Waals surface area contributed by atoms with Crippen LogP contribution in [0.1, 0.15) is 75.9 Å². The summed E-state index contributed by atoms with van der Waals surface area (Å²) in [7, 11) is 0. The van der Waals surface area contributed by atoms with Crippen LogP contribution in [0.5, 0.6) is 0 Å². The molecule has 1 atom stereocenters. The highest BCUT2D eigenvalue weighted by atomic mass is 16.2. The highest BCUT2D eigenvalue weighted by molar-refractivity contribution is 5.78. The summed E-state index contributed by atoms with van der Waals surface area (Å²) >= 11 is 0. The number of fused-ring (bicyclic) bond motifs is 2. The van der Waals surface area contributed by atoms with Crippen molar-refractivity contribution in [3.63, 3.8) is 0 Å². The average Bonchev–Trinajstić information content (AvgIpc) is 3.17. The summed E-state index contributed by atoms with van der Waals surface area (Å²) in [5.74, 6) is 0.169. The minimum atomic E-state index is -0.146. The Balaban J connectivity index is 1.69. The van der Waals surface area contributed by atoms with Crippen LogP contribution in [0.4, 0.5) is 0 Å². The van der Waals surface area contributed by atoms with E-state index in [4.69, 9.17) is 4.98 Å². The molecule has 8 nitrogen and oxygen atoms in total. The van der Waals surface area contributed by atoms with E-state index in [9.17, 15) is 14.4 Å². The van der Waals surface area contributed by atoms with Gasteiger partial charge in [0.15, 0.2) is 5.65 Å². The number of hydrogen-bond acceptors (Lipinski definition) is 4. The van der Waals surface area contributed by atoms with E-state index in [1.54, 1.807) is 4.90 Å². The Bertz CT molecular complexity index is 1020. The number of carbonyl (C=O) groups excluding carboxylic acids is 2. The molecule has 8 heteroatoms. The first-order chi connectivity index (χ1) is 14.4. The number of nitrogens with zero attached hydrogens (tertiary/aromatic N) is 4. The van der Waals surface area contributed by atoms with E-state index in [-0.39, 0.29) is 29.3 Å². The average molecular weight is 414 g/mol. The Kier molecular flexibility index (Phi) is 5.66. The van der Waals surface area contributed by atoms with Gasteiger partial charge in [-0.15, -0.1) is 0 Å². The Morgan fingerprint density at radius 3 is 2.80 bits per heavy atom. The quantitative estimate of drug-likeness (QED) is 0.833. The zero-order chi connectivity index (χ0) is 21.4. The smallest absolute Gasteiger partial charge is 0.277 e. The van der Waals surface area contributed by atoms with Gasteiger partial charge < -0.3 is 9.80 Å². The molecule has 1 fully saturated rings. The van der Waals surface area contributed by atoms with Gasteiger partial charge >= 0.3 is 0 Å². The largest absolute Gasteiger partial charge is 0.338 e. The molecule has 1 N–H and O–H groups in total. The number of rotatable bonds is 4. The Hall–Kier alpha value is -2.64. The third-order valence-electron chi connectivity index (χ3n) is 6.24. The number of likely N-dealkylation sites (tertiary alicyclic amines) is 1. The van der Waals surface area contributed by atoms with E-state index in [0.29, 0.717) is 37.1 Å². The van der Waals surface area contributed by atoms with Gasteiger partial charge in [0.05, 0.1) is 29.5 Å². The molecule has 0 aliphatic carbocycles. The number of hydrogen-bond donors (Lipinski definition) is 1. The fourth-order valence-corrected chi connectivity index (χ4v) is 4.61. The van der Waals surface area contributed by atoms with Gasteiger partial charge in [-0.25, -0.2) is 9.50 Å². The van der Waals surface area contributed by atoms with Crippen molar-refractivity contribution >= 4 is 17.5 Å². The fourth-order valence-electron chi connectivity index (χ4n) is 4.61. The van der Waals surface area contributed by atoms with Crippen molar-refractivity contribution in [1.82, 2.24) is 24.4 Å². The summed E-state index contributed by atoms with van der Waals surface area (Å²) in [6.45, 7) is 7.48. The first kappa shape index (κ1) is 20.6. The van der Waals surface area contributed by atoms with E-state index in [1.807, 2.05) is 31.7 Å². The van der Waals surface area contributed by atoms with Crippen LogP contribution >= 0.6 is 0 Å². The lowest BCUT2D eigenvalue weighted by atomic mass is 9.97. The maximum absolute atomic E-state index is 13.2. The molecule has 30 heavy (non-hydrogen) atoms. The SMILES string of the molecule is CCCC(=O)N1CCc2nc3cc([C@H]4CCCCN4C(=O)C(C)C)[nH]n3c(=O)c2C1. The van der Waals surface area contributed by atoms with Crippen molar-refractivity contribution in [3.8, 4) is 0 Å². The first-order valence-electron chi connectivity index (χ1n) is 11.1. The zero-order valence-electron chi connectivity index (χ0n) is 18.1. The van der Waals surface area contributed by atoms with Crippen molar-refractivity contribution < 1.29 is 9.59 Å².